The van der Waals surface area contributed by atoms with Crippen LogP contribution < -0.4 is 5.73 Å². The average molecular weight is 255 g/mol. The van der Waals surface area contributed by atoms with Crippen molar-refractivity contribution in [3.8, 4) is 0 Å². The quantitative estimate of drug-likeness (QED) is 0.763. The molecule has 0 aromatic heterocycles. The predicted octanol–water partition coefficient (Wildman–Crippen LogP) is 1.72. The van der Waals surface area contributed by atoms with Gasteiger partial charge in [-0.05, 0) is 38.0 Å². The molecule has 0 aromatic rings. The van der Waals surface area contributed by atoms with E-state index in [0.29, 0.717) is 19.1 Å². The number of carbonyl (C=O) groups excluding carboxylic acids is 1. The van der Waals surface area contributed by atoms with Gasteiger partial charge in [0, 0.05) is 6.04 Å². The van der Waals surface area contributed by atoms with Crippen LogP contribution in [-0.4, -0.2) is 31.3 Å². The number of rotatable bonds is 2. The van der Waals surface area contributed by atoms with Crippen LogP contribution >= 0.6 is 0 Å². The highest BCUT2D eigenvalue weighted by Crippen LogP contribution is 2.34. The zero-order valence-electron chi connectivity index (χ0n) is 11.6. The topological polar surface area (TPSA) is 61.5 Å². The van der Waals surface area contributed by atoms with Crippen LogP contribution in [0.1, 0.15) is 40.0 Å². The number of nitrogens with two attached hydrogens (primary N) is 1. The number of ether oxygens (including phenoxy) is 2. The molecule has 4 heteroatoms. The van der Waals surface area contributed by atoms with Crippen molar-refractivity contribution in [3.63, 3.8) is 0 Å². The van der Waals surface area contributed by atoms with E-state index in [1.807, 2.05) is 6.92 Å². The van der Waals surface area contributed by atoms with Crippen molar-refractivity contribution in [1.29, 1.82) is 0 Å². The molecule has 5 atom stereocenters. The average Bonchev–Trinajstić information content (AvgIpc) is 2.66. The molecule has 1 saturated carbocycles. The zero-order valence-corrected chi connectivity index (χ0v) is 11.6. The molecule has 2 N–H and O–H groups in total. The second-order valence-electron chi connectivity index (χ2n) is 6.33. The molecule has 2 aliphatic rings. The first-order valence-electron chi connectivity index (χ1n) is 6.98. The Kier molecular flexibility index (Phi) is 3.97. The van der Waals surface area contributed by atoms with Crippen LogP contribution in [0.15, 0.2) is 0 Å². The molecular weight excluding hydrogens is 230 g/mol. The summed E-state index contributed by atoms with van der Waals surface area (Å²) in [5.74, 6) is 1.17. The van der Waals surface area contributed by atoms with E-state index in [-0.39, 0.29) is 18.1 Å². The fourth-order valence-corrected chi connectivity index (χ4v) is 2.79. The first-order chi connectivity index (χ1) is 8.43. The van der Waals surface area contributed by atoms with Gasteiger partial charge in [-0.15, -0.1) is 0 Å². The van der Waals surface area contributed by atoms with E-state index in [2.05, 4.69) is 13.8 Å². The Morgan fingerprint density at radius 3 is 2.61 bits per heavy atom. The first-order valence-corrected chi connectivity index (χ1v) is 6.98. The van der Waals surface area contributed by atoms with Crippen LogP contribution in [-0.2, 0) is 14.3 Å². The molecule has 0 aromatic carbocycles. The van der Waals surface area contributed by atoms with E-state index >= 15 is 0 Å². The largest absolute Gasteiger partial charge is 0.462 e. The molecule has 1 heterocycles. The molecule has 1 aliphatic heterocycles. The predicted molar refractivity (Wildman–Crippen MR) is 69.0 cm³/mol. The standard InChI is InChI=1S/C14H25NO3/c1-9-4-5-11(6-10(9)2)18-13(16)14(3)8-17-7-12(14)15/h9-12H,4-8,15H2,1-3H3. The summed E-state index contributed by atoms with van der Waals surface area (Å²) >= 11 is 0. The maximum Gasteiger partial charge on any atom is 0.316 e. The number of carbonyl (C=O) groups is 1. The van der Waals surface area contributed by atoms with Crippen molar-refractivity contribution in [2.24, 2.45) is 23.0 Å². The molecule has 0 spiro atoms. The van der Waals surface area contributed by atoms with Crippen LogP contribution in [0.4, 0.5) is 0 Å². The van der Waals surface area contributed by atoms with Crippen molar-refractivity contribution in [1.82, 2.24) is 0 Å². The third kappa shape index (κ3) is 2.54. The molecule has 1 saturated heterocycles. The van der Waals surface area contributed by atoms with Crippen molar-refractivity contribution in [3.05, 3.63) is 0 Å². The van der Waals surface area contributed by atoms with Gasteiger partial charge in [0.2, 0.25) is 0 Å². The van der Waals surface area contributed by atoms with Crippen molar-refractivity contribution in [2.75, 3.05) is 13.2 Å². The molecule has 5 unspecified atom stereocenters. The number of hydrogen-bond donors (Lipinski definition) is 1. The van der Waals surface area contributed by atoms with Crippen molar-refractivity contribution < 1.29 is 14.3 Å². The van der Waals surface area contributed by atoms with E-state index in [9.17, 15) is 4.79 Å². The van der Waals surface area contributed by atoms with Crippen LogP contribution in [0.3, 0.4) is 0 Å². The SMILES string of the molecule is CC1CCC(OC(=O)C2(C)COCC2N)CC1C. The fourth-order valence-electron chi connectivity index (χ4n) is 2.79. The Morgan fingerprint density at radius 2 is 2.06 bits per heavy atom. The Bertz CT molecular complexity index is 320. The highest BCUT2D eigenvalue weighted by atomic mass is 16.6. The van der Waals surface area contributed by atoms with Crippen LogP contribution in [0.2, 0.25) is 0 Å². The number of esters is 1. The summed E-state index contributed by atoms with van der Waals surface area (Å²) in [4.78, 5) is 12.3. The van der Waals surface area contributed by atoms with Crippen LogP contribution in [0, 0.1) is 17.3 Å². The molecular formula is C14H25NO3. The van der Waals surface area contributed by atoms with Crippen molar-refractivity contribution in [2.45, 2.75) is 52.2 Å². The molecule has 0 radical (unpaired) electrons. The maximum atomic E-state index is 12.3. The highest BCUT2D eigenvalue weighted by molar-refractivity contribution is 5.78. The normalized spacial score (nSPS) is 44.9. The van der Waals surface area contributed by atoms with Crippen LogP contribution in [0.25, 0.3) is 0 Å². The zero-order chi connectivity index (χ0) is 13.3. The minimum absolute atomic E-state index is 0.0633. The molecule has 4 nitrogen and oxygen atoms in total. The second-order valence-corrected chi connectivity index (χ2v) is 6.33. The van der Waals surface area contributed by atoms with Gasteiger partial charge < -0.3 is 15.2 Å². The van der Waals surface area contributed by atoms with Gasteiger partial charge >= 0.3 is 5.97 Å². The summed E-state index contributed by atoms with van der Waals surface area (Å²) in [6, 6.07) is -0.245. The molecule has 2 rings (SSSR count). The Labute approximate surface area is 109 Å². The second kappa shape index (κ2) is 5.17. The van der Waals surface area contributed by atoms with E-state index in [1.54, 1.807) is 0 Å². The van der Waals surface area contributed by atoms with Crippen LogP contribution in [0.5, 0.6) is 0 Å². The minimum atomic E-state index is -0.660. The Hall–Kier alpha value is -0.610. The molecule has 18 heavy (non-hydrogen) atoms. The lowest BCUT2D eigenvalue weighted by molar-refractivity contribution is -0.163. The summed E-state index contributed by atoms with van der Waals surface area (Å²) in [5.41, 5.74) is 5.28. The fraction of sp³-hybridized carbons (Fsp3) is 0.929. The van der Waals surface area contributed by atoms with E-state index in [4.69, 9.17) is 15.2 Å². The van der Waals surface area contributed by atoms with E-state index in [0.717, 1.165) is 25.2 Å². The summed E-state index contributed by atoms with van der Waals surface area (Å²) in [6.45, 7) is 7.18. The van der Waals surface area contributed by atoms with E-state index in [1.165, 1.54) is 0 Å². The molecule has 104 valence electrons. The Morgan fingerprint density at radius 1 is 1.33 bits per heavy atom. The summed E-state index contributed by atoms with van der Waals surface area (Å²) in [6.07, 6.45) is 3.15. The smallest absolute Gasteiger partial charge is 0.316 e. The van der Waals surface area contributed by atoms with Gasteiger partial charge in [-0.1, -0.05) is 13.8 Å². The molecule has 2 fully saturated rings. The summed E-state index contributed by atoms with van der Waals surface area (Å²) < 4.78 is 11.0. The minimum Gasteiger partial charge on any atom is -0.462 e. The van der Waals surface area contributed by atoms with E-state index < -0.39 is 5.41 Å². The number of hydrogen-bond acceptors (Lipinski definition) is 4. The molecule has 0 bridgehead atoms. The van der Waals surface area contributed by atoms with Gasteiger partial charge in [-0.2, -0.15) is 0 Å². The van der Waals surface area contributed by atoms with Gasteiger partial charge in [0.25, 0.3) is 0 Å². The third-order valence-corrected chi connectivity index (χ3v) is 4.81. The lowest BCUT2D eigenvalue weighted by Gasteiger charge is -2.34. The van der Waals surface area contributed by atoms with Gasteiger partial charge in [-0.25, -0.2) is 0 Å². The Balaban J connectivity index is 1.92. The van der Waals surface area contributed by atoms with Gasteiger partial charge in [0.05, 0.1) is 13.2 Å². The monoisotopic (exact) mass is 255 g/mol. The van der Waals surface area contributed by atoms with Gasteiger partial charge in [0.1, 0.15) is 11.5 Å². The maximum absolute atomic E-state index is 12.3. The first kappa shape index (κ1) is 13.8. The summed E-state index contributed by atoms with van der Waals surface area (Å²) in [5, 5.41) is 0. The van der Waals surface area contributed by atoms with Gasteiger partial charge in [-0.3, -0.25) is 4.79 Å². The third-order valence-electron chi connectivity index (χ3n) is 4.81. The van der Waals surface area contributed by atoms with Gasteiger partial charge in [0.15, 0.2) is 0 Å². The van der Waals surface area contributed by atoms with Crippen molar-refractivity contribution >= 4 is 5.97 Å². The lowest BCUT2D eigenvalue weighted by Crippen LogP contribution is -2.46. The lowest BCUT2D eigenvalue weighted by atomic mass is 9.80. The summed E-state index contributed by atoms with van der Waals surface area (Å²) in [7, 11) is 0. The highest BCUT2D eigenvalue weighted by Gasteiger charge is 2.46. The molecule has 0 amide bonds. The molecule has 1 aliphatic carbocycles.